The predicted octanol–water partition coefficient (Wildman–Crippen LogP) is 3.03. The molecule has 0 radical (unpaired) electrons. The average molecular weight is 298 g/mol. The Hall–Kier alpha value is -2.43. The van der Waals surface area contributed by atoms with E-state index in [1.54, 1.807) is 12.3 Å². The van der Waals surface area contributed by atoms with E-state index in [1.165, 1.54) is 5.56 Å². The molecule has 0 saturated heterocycles. The number of amides is 1. The highest BCUT2D eigenvalue weighted by atomic mass is 16.2. The number of hydrogen-bond donors (Lipinski definition) is 2. The Kier molecular flexibility index (Phi) is 4.75. The van der Waals surface area contributed by atoms with Crippen molar-refractivity contribution in [3.05, 3.63) is 52.8 Å². The summed E-state index contributed by atoms with van der Waals surface area (Å²) in [6, 6.07) is 9.79. The van der Waals surface area contributed by atoms with Crippen LogP contribution in [0.4, 0.5) is 0 Å². The molecule has 0 aliphatic heterocycles. The standard InChI is InChI=1S/C17H22N4O/c1-5-12-6-8-13(9-7-12)11-18-21-16(22)14-10-15(20-19-14)17(2,3)4/h6-11H,5H2,1-4H3,(H,19,20)(H,21,22)/b18-11-. The van der Waals surface area contributed by atoms with Crippen LogP contribution in [0.5, 0.6) is 0 Å². The summed E-state index contributed by atoms with van der Waals surface area (Å²) < 4.78 is 0. The molecule has 22 heavy (non-hydrogen) atoms. The van der Waals surface area contributed by atoms with Crippen molar-refractivity contribution in [3.63, 3.8) is 0 Å². The summed E-state index contributed by atoms with van der Waals surface area (Å²) in [6.07, 6.45) is 2.62. The molecular weight excluding hydrogens is 276 g/mol. The molecule has 116 valence electrons. The van der Waals surface area contributed by atoms with Crippen LogP contribution in [0.15, 0.2) is 35.4 Å². The number of H-pyrrole nitrogens is 1. The molecule has 0 spiro atoms. The molecule has 0 bridgehead atoms. The average Bonchev–Trinajstić information content (AvgIpc) is 2.98. The lowest BCUT2D eigenvalue weighted by molar-refractivity contribution is 0.0950. The van der Waals surface area contributed by atoms with Gasteiger partial charge < -0.3 is 0 Å². The fraction of sp³-hybridized carbons (Fsp3) is 0.353. The van der Waals surface area contributed by atoms with E-state index in [2.05, 4.69) is 48.4 Å². The van der Waals surface area contributed by atoms with Crippen molar-refractivity contribution in [1.29, 1.82) is 0 Å². The third-order valence-electron chi connectivity index (χ3n) is 3.39. The topological polar surface area (TPSA) is 70.1 Å². The minimum Gasteiger partial charge on any atom is -0.281 e. The molecular formula is C17H22N4O. The van der Waals surface area contributed by atoms with Crippen LogP contribution in [0.3, 0.4) is 0 Å². The van der Waals surface area contributed by atoms with Crippen molar-refractivity contribution >= 4 is 12.1 Å². The Morgan fingerprint density at radius 2 is 2.00 bits per heavy atom. The highest BCUT2D eigenvalue weighted by Gasteiger charge is 2.18. The number of hydrazone groups is 1. The third-order valence-corrected chi connectivity index (χ3v) is 3.39. The van der Waals surface area contributed by atoms with Gasteiger partial charge in [-0.3, -0.25) is 9.89 Å². The van der Waals surface area contributed by atoms with Gasteiger partial charge in [-0.05, 0) is 23.6 Å². The van der Waals surface area contributed by atoms with E-state index in [4.69, 9.17) is 0 Å². The Morgan fingerprint density at radius 1 is 1.32 bits per heavy atom. The van der Waals surface area contributed by atoms with Gasteiger partial charge in [0.05, 0.1) is 6.21 Å². The lowest BCUT2D eigenvalue weighted by atomic mass is 9.92. The highest BCUT2D eigenvalue weighted by molar-refractivity contribution is 5.93. The summed E-state index contributed by atoms with van der Waals surface area (Å²) in [4.78, 5) is 12.0. The molecule has 0 aliphatic rings. The highest BCUT2D eigenvalue weighted by Crippen LogP contribution is 2.20. The maximum absolute atomic E-state index is 12.0. The molecule has 1 amide bonds. The Bertz CT molecular complexity index is 663. The molecule has 2 aromatic rings. The lowest BCUT2D eigenvalue weighted by Crippen LogP contribution is -2.18. The smallest absolute Gasteiger partial charge is 0.281 e. The monoisotopic (exact) mass is 298 g/mol. The SMILES string of the molecule is CCc1ccc(/C=N\NC(=O)c2cc(C(C)(C)C)[nH]n2)cc1. The lowest BCUT2D eigenvalue weighted by Gasteiger charge is -2.14. The number of aromatic nitrogens is 2. The van der Waals surface area contributed by atoms with Crippen molar-refractivity contribution in [2.45, 2.75) is 39.5 Å². The van der Waals surface area contributed by atoms with Gasteiger partial charge in [-0.1, -0.05) is 52.0 Å². The van der Waals surface area contributed by atoms with Crippen LogP contribution in [0.2, 0.25) is 0 Å². The first-order valence-electron chi connectivity index (χ1n) is 7.38. The minimum atomic E-state index is -0.326. The first-order valence-corrected chi connectivity index (χ1v) is 7.38. The molecule has 1 aromatic heterocycles. The summed E-state index contributed by atoms with van der Waals surface area (Å²) in [7, 11) is 0. The molecule has 2 N–H and O–H groups in total. The third kappa shape index (κ3) is 4.04. The molecule has 0 aliphatic carbocycles. The number of rotatable bonds is 4. The Morgan fingerprint density at radius 3 is 2.55 bits per heavy atom. The van der Waals surface area contributed by atoms with Crippen LogP contribution in [0.25, 0.3) is 0 Å². The van der Waals surface area contributed by atoms with Gasteiger partial charge in [-0.15, -0.1) is 0 Å². The zero-order valence-corrected chi connectivity index (χ0v) is 13.5. The van der Waals surface area contributed by atoms with Gasteiger partial charge in [-0.25, -0.2) is 5.43 Å². The molecule has 5 heteroatoms. The normalized spacial score (nSPS) is 11.8. The first kappa shape index (κ1) is 15.9. The second kappa shape index (κ2) is 6.56. The zero-order valence-electron chi connectivity index (χ0n) is 13.5. The summed E-state index contributed by atoms with van der Waals surface area (Å²) in [5, 5.41) is 10.9. The summed E-state index contributed by atoms with van der Waals surface area (Å²) in [6.45, 7) is 8.28. The van der Waals surface area contributed by atoms with E-state index < -0.39 is 0 Å². The second-order valence-electron chi connectivity index (χ2n) is 6.21. The number of aryl methyl sites for hydroxylation is 1. The van der Waals surface area contributed by atoms with Gasteiger partial charge in [0, 0.05) is 11.1 Å². The summed E-state index contributed by atoms with van der Waals surface area (Å²) in [5.74, 6) is -0.326. The van der Waals surface area contributed by atoms with E-state index in [1.807, 2.05) is 24.3 Å². The number of carbonyl (C=O) groups is 1. The molecule has 0 unspecified atom stereocenters. The Labute approximate surface area is 130 Å². The fourth-order valence-electron chi connectivity index (χ4n) is 1.88. The predicted molar refractivity (Wildman–Crippen MR) is 88.2 cm³/mol. The van der Waals surface area contributed by atoms with E-state index >= 15 is 0 Å². The number of carbonyl (C=O) groups excluding carboxylic acids is 1. The van der Waals surface area contributed by atoms with E-state index in [0.717, 1.165) is 17.7 Å². The van der Waals surface area contributed by atoms with Gasteiger partial charge in [0.25, 0.3) is 5.91 Å². The number of nitrogens with one attached hydrogen (secondary N) is 2. The van der Waals surface area contributed by atoms with Gasteiger partial charge in [0.1, 0.15) is 0 Å². The van der Waals surface area contributed by atoms with Crippen LogP contribution in [-0.2, 0) is 11.8 Å². The van der Waals surface area contributed by atoms with Crippen LogP contribution < -0.4 is 5.43 Å². The molecule has 5 nitrogen and oxygen atoms in total. The van der Waals surface area contributed by atoms with E-state index in [-0.39, 0.29) is 11.3 Å². The first-order chi connectivity index (χ1) is 10.4. The Balaban J connectivity index is 1.97. The number of hydrogen-bond acceptors (Lipinski definition) is 3. The summed E-state index contributed by atoms with van der Waals surface area (Å²) >= 11 is 0. The van der Waals surface area contributed by atoms with Gasteiger partial charge >= 0.3 is 0 Å². The largest absolute Gasteiger partial charge is 0.291 e. The van der Waals surface area contributed by atoms with Crippen molar-refractivity contribution in [2.75, 3.05) is 0 Å². The van der Waals surface area contributed by atoms with Crippen LogP contribution >= 0.6 is 0 Å². The quantitative estimate of drug-likeness (QED) is 0.673. The number of aromatic amines is 1. The second-order valence-corrected chi connectivity index (χ2v) is 6.21. The van der Waals surface area contributed by atoms with Crippen molar-refractivity contribution in [1.82, 2.24) is 15.6 Å². The van der Waals surface area contributed by atoms with Gasteiger partial charge in [-0.2, -0.15) is 10.2 Å². The zero-order chi connectivity index (χ0) is 16.2. The molecule has 1 heterocycles. The van der Waals surface area contributed by atoms with Gasteiger partial charge in [0.2, 0.25) is 0 Å². The van der Waals surface area contributed by atoms with Gasteiger partial charge in [0.15, 0.2) is 5.69 Å². The number of nitrogens with zero attached hydrogens (tertiary/aromatic N) is 2. The molecule has 2 rings (SSSR count). The maximum Gasteiger partial charge on any atom is 0.291 e. The van der Waals surface area contributed by atoms with Crippen LogP contribution in [-0.4, -0.2) is 22.3 Å². The summed E-state index contributed by atoms with van der Waals surface area (Å²) in [5.41, 5.74) is 5.88. The maximum atomic E-state index is 12.0. The van der Waals surface area contributed by atoms with Crippen LogP contribution in [0.1, 0.15) is 55.0 Å². The molecule has 0 atom stereocenters. The van der Waals surface area contributed by atoms with E-state index in [0.29, 0.717) is 5.69 Å². The minimum absolute atomic E-state index is 0.0736. The van der Waals surface area contributed by atoms with Crippen molar-refractivity contribution < 1.29 is 4.79 Å². The van der Waals surface area contributed by atoms with Crippen molar-refractivity contribution in [2.24, 2.45) is 5.10 Å². The van der Waals surface area contributed by atoms with Crippen LogP contribution in [0, 0.1) is 0 Å². The molecule has 0 fully saturated rings. The number of benzene rings is 1. The fourth-order valence-corrected chi connectivity index (χ4v) is 1.88. The van der Waals surface area contributed by atoms with Crippen molar-refractivity contribution in [3.8, 4) is 0 Å². The van der Waals surface area contributed by atoms with E-state index in [9.17, 15) is 4.79 Å². The molecule has 1 aromatic carbocycles. The molecule has 0 saturated carbocycles.